The molecule has 0 saturated carbocycles. The number of fused-ring (bicyclic) bond motifs is 1. The molecule has 1 aliphatic carbocycles. The Bertz CT molecular complexity index is 907. The molecule has 7 heteroatoms. The van der Waals surface area contributed by atoms with Gasteiger partial charge in [0.15, 0.2) is 6.61 Å². The van der Waals surface area contributed by atoms with E-state index in [1.54, 1.807) is 13.0 Å². The SMILES string of the molecule is Cc1cc([N+](=O)[O-])ccc1NC(=O)COC(=O)c1ccc2c(c1)CCCC2. The van der Waals surface area contributed by atoms with Crippen LogP contribution in [0.15, 0.2) is 36.4 Å². The van der Waals surface area contributed by atoms with Crippen LogP contribution in [0, 0.1) is 17.0 Å². The number of esters is 1. The van der Waals surface area contributed by atoms with E-state index in [4.69, 9.17) is 4.74 Å². The van der Waals surface area contributed by atoms with Crippen molar-refractivity contribution in [2.75, 3.05) is 11.9 Å². The summed E-state index contributed by atoms with van der Waals surface area (Å²) < 4.78 is 5.10. The van der Waals surface area contributed by atoms with E-state index >= 15 is 0 Å². The first-order chi connectivity index (χ1) is 12.9. The minimum absolute atomic E-state index is 0.0515. The summed E-state index contributed by atoms with van der Waals surface area (Å²) in [5.74, 6) is -1.04. The van der Waals surface area contributed by atoms with E-state index in [0.29, 0.717) is 16.8 Å². The molecule has 1 amide bonds. The Morgan fingerprint density at radius 3 is 2.56 bits per heavy atom. The summed E-state index contributed by atoms with van der Waals surface area (Å²) in [6, 6.07) is 9.65. The van der Waals surface area contributed by atoms with Crippen LogP contribution in [0.1, 0.15) is 39.9 Å². The van der Waals surface area contributed by atoms with E-state index in [1.807, 2.05) is 12.1 Å². The zero-order valence-corrected chi connectivity index (χ0v) is 15.0. The maximum Gasteiger partial charge on any atom is 0.338 e. The van der Waals surface area contributed by atoms with Gasteiger partial charge in [0, 0.05) is 17.8 Å². The van der Waals surface area contributed by atoms with E-state index in [1.165, 1.54) is 35.7 Å². The lowest BCUT2D eigenvalue weighted by molar-refractivity contribution is -0.384. The Morgan fingerprint density at radius 2 is 1.85 bits per heavy atom. The number of benzene rings is 2. The van der Waals surface area contributed by atoms with Gasteiger partial charge in [-0.3, -0.25) is 14.9 Å². The molecule has 1 N–H and O–H groups in total. The first-order valence-corrected chi connectivity index (χ1v) is 8.78. The minimum Gasteiger partial charge on any atom is -0.452 e. The number of non-ortho nitro benzene ring substituents is 1. The summed E-state index contributed by atoms with van der Waals surface area (Å²) in [5.41, 5.74) is 3.82. The van der Waals surface area contributed by atoms with Crippen molar-refractivity contribution in [2.45, 2.75) is 32.6 Å². The van der Waals surface area contributed by atoms with E-state index in [-0.39, 0.29) is 5.69 Å². The molecule has 0 radical (unpaired) electrons. The zero-order valence-electron chi connectivity index (χ0n) is 15.0. The Balaban J connectivity index is 1.57. The third-order valence-electron chi connectivity index (χ3n) is 4.61. The number of nitrogens with one attached hydrogen (secondary N) is 1. The summed E-state index contributed by atoms with van der Waals surface area (Å²) >= 11 is 0. The molecular weight excluding hydrogens is 348 g/mol. The van der Waals surface area contributed by atoms with Crippen LogP contribution in [0.5, 0.6) is 0 Å². The zero-order chi connectivity index (χ0) is 19.4. The molecule has 0 saturated heterocycles. The van der Waals surface area contributed by atoms with Crippen LogP contribution >= 0.6 is 0 Å². The van der Waals surface area contributed by atoms with Gasteiger partial charge in [0.25, 0.3) is 11.6 Å². The molecule has 2 aromatic rings. The van der Waals surface area contributed by atoms with Crippen LogP contribution in [-0.4, -0.2) is 23.4 Å². The molecule has 2 aromatic carbocycles. The quantitative estimate of drug-likeness (QED) is 0.494. The Morgan fingerprint density at radius 1 is 1.11 bits per heavy atom. The van der Waals surface area contributed by atoms with Crippen molar-refractivity contribution in [3.63, 3.8) is 0 Å². The van der Waals surface area contributed by atoms with Crippen LogP contribution in [-0.2, 0) is 22.4 Å². The maximum absolute atomic E-state index is 12.2. The number of carbonyl (C=O) groups excluding carboxylic acids is 2. The van der Waals surface area contributed by atoms with Crippen LogP contribution in [0.4, 0.5) is 11.4 Å². The molecule has 0 unspecified atom stereocenters. The molecule has 0 aliphatic heterocycles. The lowest BCUT2D eigenvalue weighted by atomic mass is 9.90. The molecule has 0 bridgehead atoms. The fraction of sp³-hybridized carbons (Fsp3) is 0.300. The van der Waals surface area contributed by atoms with Gasteiger partial charge in [-0.1, -0.05) is 6.07 Å². The van der Waals surface area contributed by atoms with Gasteiger partial charge in [0.1, 0.15) is 0 Å². The fourth-order valence-electron chi connectivity index (χ4n) is 3.16. The lowest BCUT2D eigenvalue weighted by Gasteiger charge is -2.16. The highest BCUT2D eigenvalue weighted by molar-refractivity contribution is 5.96. The van der Waals surface area contributed by atoms with Crippen molar-refractivity contribution in [3.8, 4) is 0 Å². The monoisotopic (exact) mass is 368 g/mol. The molecule has 0 spiro atoms. The molecule has 27 heavy (non-hydrogen) atoms. The average molecular weight is 368 g/mol. The predicted molar refractivity (Wildman–Crippen MR) is 99.8 cm³/mol. The molecule has 0 aromatic heterocycles. The summed E-state index contributed by atoms with van der Waals surface area (Å²) in [4.78, 5) is 34.5. The summed E-state index contributed by atoms with van der Waals surface area (Å²) in [6.07, 6.45) is 4.26. The summed E-state index contributed by atoms with van der Waals surface area (Å²) in [6.45, 7) is 1.23. The number of rotatable bonds is 5. The fourth-order valence-corrected chi connectivity index (χ4v) is 3.16. The van der Waals surface area contributed by atoms with Crippen molar-refractivity contribution in [1.82, 2.24) is 0 Å². The number of aryl methyl sites for hydroxylation is 3. The Hall–Kier alpha value is -3.22. The summed E-state index contributed by atoms with van der Waals surface area (Å²) in [7, 11) is 0. The molecule has 0 fully saturated rings. The number of nitro groups is 1. The molecule has 0 heterocycles. The van der Waals surface area contributed by atoms with Crippen molar-refractivity contribution in [2.24, 2.45) is 0 Å². The molecule has 140 valence electrons. The van der Waals surface area contributed by atoms with E-state index in [2.05, 4.69) is 5.32 Å². The van der Waals surface area contributed by atoms with E-state index in [0.717, 1.165) is 19.3 Å². The number of amides is 1. The third-order valence-corrected chi connectivity index (χ3v) is 4.61. The second-order valence-corrected chi connectivity index (χ2v) is 6.57. The van der Waals surface area contributed by atoms with Gasteiger partial charge in [-0.2, -0.15) is 0 Å². The second kappa shape index (κ2) is 7.99. The van der Waals surface area contributed by atoms with Gasteiger partial charge in [0.05, 0.1) is 10.5 Å². The first-order valence-electron chi connectivity index (χ1n) is 8.78. The standard InChI is InChI=1S/C20H20N2O5/c1-13-10-17(22(25)26)8-9-18(13)21-19(23)12-27-20(24)16-7-6-14-4-2-3-5-15(14)11-16/h6-11H,2-5,12H2,1H3,(H,21,23). The van der Waals surface area contributed by atoms with E-state index in [9.17, 15) is 19.7 Å². The van der Waals surface area contributed by atoms with Crippen molar-refractivity contribution in [3.05, 3.63) is 68.8 Å². The number of nitrogens with zero attached hydrogens (tertiary/aromatic N) is 1. The second-order valence-electron chi connectivity index (χ2n) is 6.57. The number of carbonyl (C=O) groups is 2. The van der Waals surface area contributed by atoms with Crippen LogP contribution < -0.4 is 5.32 Å². The number of hydrogen-bond donors (Lipinski definition) is 1. The molecule has 0 atom stereocenters. The smallest absolute Gasteiger partial charge is 0.338 e. The van der Waals surface area contributed by atoms with Crippen molar-refractivity contribution >= 4 is 23.3 Å². The highest BCUT2D eigenvalue weighted by Crippen LogP contribution is 2.23. The van der Waals surface area contributed by atoms with Crippen LogP contribution in [0.2, 0.25) is 0 Å². The van der Waals surface area contributed by atoms with Crippen molar-refractivity contribution < 1.29 is 19.2 Å². The number of anilines is 1. The third kappa shape index (κ3) is 4.49. The van der Waals surface area contributed by atoms with Gasteiger partial charge in [0.2, 0.25) is 0 Å². The topological polar surface area (TPSA) is 98.5 Å². The largest absolute Gasteiger partial charge is 0.452 e. The van der Waals surface area contributed by atoms with Gasteiger partial charge in [-0.25, -0.2) is 4.79 Å². The summed E-state index contributed by atoms with van der Waals surface area (Å²) in [5, 5.41) is 13.3. The maximum atomic E-state index is 12.2. The molecule has 3 rings (SSSR count). The van der Waals surface area contributed by atoms with Gasteiger partial charge in [-0.15, -0.1) is 0 Å². The van der Waals surface area contributed by atoms with Gasteiger partial charge in [-0.05, 0) is 67.5 Å². The minimum atomic E-state index is -0.543. The highest BCUT2D eigenvalue weighted by atomic mass is 16.6. The van der Waals surface area contributed by atoms with Gasteiger partial charge < -0.3 is 10.1 Å². The first kappa shape index (κ1) is 18.6. The van der Waals surface area contributed by atoms with Crippen LogP contribution in [0.25, 0.3) is 0 Å². The highest BCUT2D eigenvalue weighted by Gasteiger charge is 2.16. The molecule has 7 nitrogen and oxygen atoms in total. The molecular formula is C20H20N2O5. The number of nitro benzene ring substituents is 1. The normalized spacial score (nSPS) is 12.8. The average Bonchev–Trinajstić information content (AvgIpc) is 2.67. The van der Waals surface area contributed by atoms with E-state index < -0.39 is 23.4 Å². The Labute approximate surface area is 156 Å². The number of ether oxygens (including phenoxy) is 1. The van der Waals surface area contributed by atoms with Gasteiger partial charge >= 0.3 is 5.97 Å². The molecule has 1 aliphatic rings. The number of hydrogen-bond acceptors (Lipinski definition) is 5. The lowest BCUT2D eigenvalue weighted by Crippen LogP contribution is -2.21. The van der Waals surface area contributed by atoms with Crippen LogP contribution in [0.3, 0.4) is 0 Å². The predicted octanol–water partition coefficient (Wildman–Crippen LogP) is 3.58. The van der Waals surface area contributed by atoms with Crippen molar-refractivity contribution in [1.29, 1.82) is 0 Å². The Kier molecular flexibility index (Phi) is 5.49.